The molecule has 1 heterocycles. The molecule has 0 fully saturated rings. The van der Waals surface area contributed by atoms with Gasteiger partial charge in [-0.25, -0.2) is 0 Å². The van der Waals surface area contributed by atoms with Gasteiger partial charge in [-0.3, -0.25) is 9.36 Å². The predicted molar refractivity (Wildman–Crippen MR) is 104 cm³/mol. The van der Waals surface area contributed by atoms with Crippen LogP contribution in [0.3, 0.4) is 0 Å². The van der Waals surface area contributed by atoms with Crippen molar-refractivity contribution >= 4 is 18.3 Å². The molecule has 2 aromatic rings. The van der Waals surface area contributed by atoms with Crippen molar-refractivity contribution < 1.29 is 14.3 Å². The normalized spacial score (nSPS) is 11.5. The first-order valence-corrected chi connectivity index (χ1v) is 9.00. The fraction of sp³-hybridized carbons (Fsp3) is 0.364. The van der Waals surface area contributed by atoms with E-state index in [4.69, 9.17) is 4.74 Å². The molecular formula is C22H27NO3. The number of aldehydes is 1. The monoisotopic (exact) mass is 353 g/mol. The molecule has 138 valence electrons. The van der Waals surface area contributed by atoms with Gasteiger partial charge in [-0.2, -0.15) is 0 Å². The highest BCUT2D eigenvalue weighted by molar-refractivity contribution is 5.98. The minimum Gasteiger partial charge on any atom is -0.501 e. The van der Waals surface area contributed by atoms with E-state index < -0.39 is 0 Å². The number of hydrogen-bond donors (Lipinski definition) is 0. The van der Waals surface area contributed by atoms with Crippen molar-refractivity contribution in [3.63, 3.8) is 0 Å². The highest BCUT2D eigenvalue weighted by Gasteiger charge is 2.21. The van der Waals surface area contributed by atoms with Gasteiger partial charge < -0.3 is 9.53 Å². The molecule has 4 nitrogen and oxygen atoms in total. The van der Waals surface area contributed by atoms with Crippen LogP contribution in [0, 0.1) is 13.8 Å². The summed E-state index contributed by atoms with van der Waals surface area (Å²) in [7, 11) is 1.63. The SMILES string of the molecule is CC/C(=C\c1c(CC=O)c(C)n(C(=O)c2ccc(CC)cc2)c1C)OC. The Morgan fingerprint density at radius 3 is 2.27 bits per heavy atom. The third kappa shape index (κ3) is 3.79. The van der Waals surface area contributed by atoms with Crippen LogP contribution in [0.1, 0.15) is 58.7 Å². The Labute approximate surface area is 155 Å². The number of carbonyl (C=O) groups is 2. The van der Waals surface area contributed by atoms with Crippen LogP contribution in [-0.2, 0) is 22.4 Å². The van der Waals surface area contributed by atoms with E-state index in [1.807, 2.05) is 51.1 Å². The van der Waals surface area contributed by atoms with Crippen molar-refractivity contribution in [2.45, 2.75) is 47.0 Å². The molecule has 4 heteroatoms. The molecule has 0 aliphatic carbocycles. The van der Waals surface area contributed by atoms with E-state index in [1.165, 1.54) is 5.56 Å². The average molecular weight is 353 g/mol. The Hall–Kier alpha value is -2.62. The van der Waals surface area contributed by atoms with E-state index in [0.29, 0.717) is 5.56 Å². The van der Waals surface area contributed by atoms with Crippen molar-refractivity contribution in [1.29, 1.82) is 0 Å². The van der Waals surface area contributed by atoms with Crippen molar-refractivity contribution in [3.8, 4) is 0 Å². The van der Waals surface area contributed by atoms with Crippen LogP contribution >= 0.6 is 0 Å². The second kappa shape index (κ2) is 8.65. The number of carbonyl (C=O) groups excluding carboxylic acids is 2. The van der Waals surface area contributed by atoms with E-state index in [1.54, 1.807) is 11.7 Å². The molecule has 0 bridgehead atoms. The highest BCUT2D eigenvalue weighted by atomic mass is 16.5. The van der Waals surface area contributed by atoms with Crippen LogP contribution in [-0.4, -0.2) is 23.9 Å². The summed E-state index contributed by atoms with van der Waals surface area (Å²) in [5.74, 6) is 0.738. The number of allylic oxidation sites excluding steroid dienone is 1. The fourth-order valence-electron chi connectivity index (χ4n) is 3.24. The van der Waals surface area contributed by atoms with E-state index in [2.05, 4.69) is 6.92 Å². The Balaban J connectivity index is 2.59. The van der Waals surface area contributed by atoms with Crippen LogP contribution in [0.4, 0.5) is 0 Å². The summed E-state index contributed by atoms with van der Waals surface area (Å²) in [6.45, 7) is 7.89. The Morgan fingerprint density at radius 2 is 1.77 bits per heavy atom. The van der Waals surface area contributed by atoms with E-state index in [9.17, 15) is 9.59 Å². The third-order valence-corrected chi connectivity index (χ3v) is 4.84. The second-order valence-corrected chi connectivity index (χ2v) is 6.29. The average Bonchev–Trinajstić information content (AvgIpc) is 2.89. The lowest BCUT2D eigenvalue weighted by Gasteiger charge is -2.09. The van der Waals surface area contributed by atoms with Gasteiger partial charge in [0.1, 0.15) is 6.29 Å². The summed E-state index contributed by atoms with van der Waals surface area (Å²) in [6.07, 6.45) is 4.76. The van der Waals surface area contributed by atoms with Gasteiger partial charge in [0.05, 0.1) is 12.9 Å². The van der Waals surface area contributed by atoms with Crippen molar-refractivity contribution in [3.05, 3.63) is 63.7 Å². The summed E-state index contributed by atoms with van der Waals surface area (Å²) < 4.78 is 7.09. The first-order valence-electron chi connectivity index (χ1n) is 9.00. The number of ether oxygens (including phenoxy) is 1. The van der Waals surface area contributed by atoms with Gasteiger partial charge in [-0.1, -0.05) is 26.0 Å². The number of hydrogen-bond acceptors (Lipinski definition) is 3. The lowest BCUT2D eigenvalue weighted by atomic mass is 10.1. The number of nitrogens with zero attached hydrogens (tertiary/aromatic N) is 1. The number of aromatic nitrogens is 1. The van der Waals surface area contributed by atoms with E-state index >= 15 is 0 Å². The molecule has 0 aliphatic heterocycles. The van der Waals surface area contributed by atoms with Crippen LogP contribution in [0.2, 0.25) is 0 Å². The zero-order valence-electron chi connectivity index (χ0n) is 16.3. The van der Waals surface area contributed by atoms with Crippen molar-refractivity contribution in [2.24, 2.45) is 0 Å². The van der Waals surface area contributed by atoms with Gasteiger partial charge in [0.2, 0.25) is 0 Å². The topological polar surface area (TPSA) is 48.3 Å². The Bertz CT molecular complexity index is 820. The van der Waals surface area contributed by atoms with Crippen molar-refractivity contribution in [2.75, 3.05) is 7.11 Å². The largest absolute Gasteiger partial charge is 0.501 e. The minimum absolute atomic E-state index is 0.0788. The summed E-state index contributed by atoms with van der Waals surface area (Å²) in [4.78, 5) is 24.3. The number of benzene rings is 1. The number of methoxy groups -OCH3 is 1. The standard InChI is InChI=1S/C22H27NO3/c1-6-17-8-10-18(11-9-17)22(25)23-15(3)20(12-13-24)21(16(23)4)14-19(7-2)26-5/h8-11,13-14H,6-7,12H2,1-5H3/b19-14+. The van der Waals surface area contributed by atoms with Gasteiger partial charge in [-0.15, -0.1) is 0 Å². The van der Waals surface area contributed by atoms with Crippen LogP contribution in [0.5, 0.6) is 0 Å². The van der Waals surface area contributed by atoms with Gasteiger partial charge in [-0.05, 0) is 49.6 Å². The quantitative estimate of drug-likeness (QED) is 0.544. The molecule has 0 unspecified atom stereocenters. The van der Waals surface area contributed by atoms with E-state index in [0.717, 1.165) is 47.4 Å². The first kappa shape index (κ1) is 19.7. The predicted octanol–water partition coefficient (Wildman–Crippen LogP) is 4.49. The summed E-state index contributed by atoms with van der Waals surface area (Å²) >= 11 is 0. The molecule has 0 saturated heterocycles. The molecule has 0 spiro atoms. The molecule has 1 aromatic carbocycles. The van der Waals surface area contributed by atoms with E-state index in [-0.39, 0.29) is 12.3 Å². The Kier molecular flexibility index (Phi) is 6.56. The summed E-state index contributed by atoms with van der Waals surface area (Å²) in [6, 6.07) is 7.69. The summed E-state index contributed by atoms with van der Waals surface area (Å²) in [5, 5.41) is 0. The maximum Gasteiger partial charge on any atom is 0.262 e. The molecule has 2 rings (SSSR count). The number of rotatable bonds is 7. The minimum atomic E-state index is -0.0788. The van der Waals surface area contributed by atoms with Gasteiger partial charge >= 0.3 is 0 Å². The molecule has 0 amide bonds. The second-order valence-electron chi connectivity index (χ2n) is 6.29. The lowest BCUT2D eigenvalue weighted by Crippen LogP contribution is -2.15. The van der Waals surface area contributed by atoms with Crippen LogP contribution in [0.15, 0.2) is 30.0 Å². The molecule has 0 N–H and O–H groups in total. The first-order chi connectivity index (χ1) is 12.5. The Morgan fingerprint density at radius 1 is 1.12 bits per heavy atom. The smallest absolute Gasteiger partial charge is 0.262 e. The maximum atomic E-state index is 13.1. The fourth-order valence-corrected chi connectivity index (χ4v) is 3.24. The molecule has 0 aliphatic rings. The number of aryl methyl sites for hydroxylation is 1. The lowest BCUT2D eigenvalue weighted by molar-refractivity contribution is -0.107. The third-order valence-electron chi connectivity index (χ3n) is 4.84. The maximum absolute atomic E-state index is 13.1. The molecule has 0 saturated carbocycles. The molecule has 26 heavy (non-hydrogen) atoms. The van der Waals surface area contributed by atoms with Gasteiger partial charge in [0.25, 0.3) is 5.91 Å². The molecular weight excluding hydrogens is 326 g/mol. The zero-order chi connectivity index (χ0) is 19.3. The van der Waals surface area contributed by atoms with Gasteiger partial charge in [0, 0.05) is 35.4 Å². The molecule has 1 aromatic heterocycles. The molecule has 0 radical (unpaired) electrons. The summed E-state index contributed by atoms with van der Waals surface area (Å²) in [5.41, 5.74) is 5.23. The highest BCUT2D eigenvalue weighted by Crippen LogP contribution is 2.27. The van der Waals surface area contributed by atoms with Crippen molar-refractivity contribution in [1.82, 2.24) is 4.57 Å². The van der Waals surface area contributed by atoms with Crippen LogP contribution in [0.25, 0.3) is 6.08 Å². The molecule has 0 atom stereocenters. The van der Waals surface area contributed by atoms with Crippen LogP contribution < -0.4 is 0 Å². The van der Waals surface area contributed by atoms with Gasteiger partial charge in [0.15, 0.2) is 0 Å². The zero-order valence-corrected chi connectivity index (χ0v) is 16.3.